The van der Waals surface area contributed by atoms with Crippen molar-refractivity contribution in [1.82, 2.24) is 15.2 Å². The number of hydrogen-bond donors (Lipinski definition) is 1. The van der Waals surface area contributed by atoms with E-state index in [1.807, 2.05) is 18.0 Å². The lowest BCUT2D eigenvalue weighted by atomic mass is 10.1. The van der Waals surface area contributed by atoms with Gasteiger partial charge in [-0.25, -0.2) is 9.78 Å². The molecule has 6 nitrogen and oxygen atoms in total. The second-order valence-corrected chi connectivity index (χ2v) is 6.35. The molecule has 23 heavy (non-hydrogen) atoms. The molecule has 2 fully saturated rings. The molecule has 1 aromatic heterocycles. The van der Waals surface area contributed by atoms with Crippen LogP contribution in [0.5, 0.6) is 0 Å². The number of hydrogen-bond acceptors (Lipinski definition) is 4. The van der Waals surface area contributed by atoms with Gasteiger partial charge in [0.1, 0.15) is 5.82 Å². The molecule has 1 N–H and O–H groups in total. The fourth-order valence-corrected chi connectivity index (χ4v) is 3.14. The molecule has 3 rings (SSSR count). The topological polar surface area (TPSA) is 57.7 Å². The van der Waals surface area contributed by atoms with Crippen LogP contribution in [0.4, 0.5) is 10.6 Å². The quantitative estimate of drug-likeness (QED) is 0.926. The Morgan fingerprint density at radius 2 is 2.13 bits per heavy atom. The van der Waals surface area contributed by atoms with Crippen LogP contribution in [0, 0.1) is 0 Å². The van der Waals surface area contributed by atoms with Crippen LogP contribution in [0.1, 0.15) is 31.7 Å². The number of carbonyl (C=O) groups excluding carboxylic acids is 1. The molecule has 1 aromatic rings. The first-order valence-electron chi connectivity index (χ1n) is 8.56. The van der Waals surface area contributed by atoms with Gasteiger partial charge >= 0.3 is 6.03 Å². The van der Waals surface area contributed by atoms with E-state index in [0.717, 1.165) is 24.5 Å². The van der Waals surface area contributed by atoms with Crippen LogP contribution in [0.2, 0.25) is 0 Å². The maximum atomic E-state index is 12.2. The van der Waals surface area contributed by atoms with Gasteiger partial charge in [-0.3, -0.25) is 0 Å². The molecular formula is C17H26N4O2. The number of piperidine rings is 1. The zero-order valence-corrected chi connectivity index (χ0v) is 13.8. The van der Waals surface area contributed by atoms with Crippen molar-refractivity contribution in [3.05, 3.63) is 23.9 Å². The molecule has 1 atom stereocenters. The smallest absolute Gasteiger partial charge is 0.318 e. The molecule has 2 amide bonds. The summed E-state index contributed by atoms with van der Waals surface area (Å²) in [5.41, 5.74) is 1.03. The van der Waals surface area contributed by atoms with Crippen molar-refractivity contribution in [2.45, 2.75) is 38.8 Å². The SMILES string of the molecule is CC1COCCN1C(=O)NCc1ccc(N2CCCCC2)nc1. The molecule has 6 heteroatoms. The van der Waals surface area contributed by atoms with E-state index in [0.29, 0.717) is 26.3 Å². The number of aromatic nitrogens is 1. The summed E-state index contributed by atoms with van der Waals surface area (Å²) in [6, 6.07) is 4.22. The summed E-state index contributed by atoms with van der Waals surface area (Å²) in [5.74, 6) is 1.04. The van der Waals surface area contributed by atoms with Gasteiger partial charge in [0.2, 0.25) is 0 Å². The Bertz CT molecular complexity index is 514. The predicted molar refractivity (Wildman–Crippen MR) is 89.5 cm³/mol. The van der Waals surface area contributed by atoms with Crippen LogP contribution in [0.25, 0.3) is 0 Å². The predicted octanol–water partition coefficient (Wildman–Crippen LogP) is 2.00. The van der Waals surface area contributed by atoms with Gasteiger partial charge in [0.15, 0.2) is 0 Å². The Kier molecular flexibility index (Phi) is 5.33. The van der Waals surface area contributed by atoms with Crippen LogP contribution in [0.3, 0.4) is 0 Å². The molecule has 0 spiro atoms. The number of pyridine rings is 1. The molecule has 0 radical (unpaired) electrons. The number of nitrogens with one attached hydrogen (secondary N) is 1. The van der Waals surface area contributed by atoms with E-state index in [4.69, 9.17) is 4.74 Å². The lowest BCUT2D eigenvalue weighted by Gasteiger charge is -2.33. The lowest BCUT2D eigenvalue weighted by molar-refractivity contribution is 0.0190. The maximum absolute atomic E-state index is 12.2. The average molecular weight is 318 g/mol. The number of urea groups is 1. The average Bonchev–Trinajstić information content (AvgIpc) is 2.61. The summed E-state index contributed by atoms with van der Waals surface area (Å²) >= 11 is 0. The number of anilines is 1. The monoisotopic (exact) mass is 318 g/mol. The molecule has 0 saturated carbocycles. The van der Waals surface area contributed by atoms with Crippen LogP contribution < -0.4 is 10.2 Å². The van der Waals surface area contributed by atoms with Gasteiger partial charge in [0.25, 0.3) is 0 Å². The van der Waals surface area contributed by atoms with Crippen LogP contribution in [-0.2, 0) is 11.3 Å². The van der Waals surface area contributed by atoms with E-state index in [1.54, 1.807) is 0 Å². The largest absolute Gasteiger partial charge is 0.377 e. The summed E-state index contributed by atoms with van der Waals surface area (Å²) in [7, 11) is 0. The van der Waals surface area contributed by atoms with Crippen molar-refractivity contribution < 1.29 is 9.53 Å². The summed E-state index contributed by atoms with van der Waals surface area (Å²) in [5, 5.41) is 2.98. The second-order valence-electron chi connectivity index (χ2n) is 6.35. The summed E-state index contributed by atoms with van der Waals surface area (Å²) in [6.07, 6.45) is 5.68. The zero-order chi connectivity index (χ0) is 16.1. The van der Waals surface area contributed by atoms with E-state index in [1.165, 1.54) is 19.3 Å². The fraction of sp³-hybridized carbons (Fsp3) is 0.647. The van der Waals surface area contributed by atoms with Crippen molar-refractivity contribution in [3.8, 4) is 0 Å². The summed E-state index contributed by atoms with van der Waals surface area (Å²) in [6.45, 7) is 6.59. The van der Waals surface area contributed by atoms with Gasteiger partial charge in [0.05, 0.1) is 19.3 Å². The molecule has 0 aliphatic carbocycles. The minimum atomic E-state index is -0.0269. The Morgan fingerprint density at radius 3 is 2.83 bits per heavy atom. The van der Waals surface area contributed by atoms with E-state index in [-0.39, 0.29) is 12.1 Å². The third-order valence-corrected chi connectivity index (χ3v) is 4.56. The van der Waals surface area contributed by atoms with Gasteiger partial charge in [-0.05, 0) is 37.8 Å². The maximum Gasteiger partial charge on any atom is 0.318 e. The van der Waals surface area contributed by atoms with Crippen molar-refractivity contribution in [2.75, 3.05) is 37.7 Å². The highest BCUT2D eigenvalue weighted by molar-refractivity contribution is 5.74. The van der Waals surface area contributed by atoms with Crippen LogP contribution in [-0.4, -0.2) is 54.8 Å². The van der Waals surface area contributed by atoms with E-state index in [2.05, 4.69) is 27.3 Å². The first-order valence-corrected chi connectivity index (χ1v) is 8.56. The lowest BCUT2D eigenvalue weighted by Crippen LogP contribution is -2.51. The van der Waals surface area contributed by atoms with Gasteiger partial charge in [-0.15, -0.1) is 0 Å². The molecule has 2 aliphatic rings. The minimum Gasteiger partial charge on any atom is -0.377 e. The number of morpholine rings is 1. The van der Waals surface area contributed by atoms with Crippen molar-refractivity contribution in [1.29, 1.82) is 0 Å². The van der Waals surface area contributed by atoms with E-state index < -0.39 is 0 Å². The number of ether oxygens (including phenoxy) is 1. The minimum absolute atomic E-state index is 0.0269. The fourth-order valence-electron chi connectivity index (χ4n) is 3.14. The van der Waals surface area contributed by atoms with Crippen LogP contribution >= 0.6 is 0 Å². The normalized spacial score (nSPS) is 22.0. The molecule has 126 valence electrons. The third kappa shape index (κ3) is 4.13. The van der Waals surface area contributed by atoms with Gasteiger partial charge in [-0.1, -0.05) is 6.07 Å². The highest BCUT2D eigenvalue weighted by Crippen LogP contribution is 2.17. The Labute approximate surface area is 137 Å². The third-order valence-electron chi connectivity index (χ3n) is 4.56. The van der Waals surface area contributed by atoms with E-state index in [9.17, 15) is 4.79 Å². The highest BCUT2D eigenvalue weighted by Gasteiger charge is 2.23. The number of nitrogens with zero attached hydrogens (tertiary/aromatic N) is 3. The van der Waals surface area contributed by atoms with Crippen molar-refractivity contribution in [3.63, 3.8) is 0 Å². The molecule has 0 bridgehead atoms. The Morgan fingerprint density at radius 1 is 1.30 bits per heavy atom. The van der Waals surface area contributed by atoms with Gasteiger partial charge in [0, 0.05) is 32.4 Å². The first-order chi connectivity index (χ1) is 11.2. The summed E-state index contributed by atoms with van der Waals surface area (Å²) < 4.78 is 5.36. The molecular weight excluding hydrogens is 292 g/mol. The molecule has 3 heterocycles. The van der Waals surface area contributed by atoms with E-state index >= 15 is 0 Å². The standard InChI is InChI=1S/C17H26N4O2/c1-14-13-23-10-9-21(14)17(22)19-12-15-5-6-16(18-11-15)20-7-3-2-4-8-20/h5-6,11,14H,2-4,7-10,12-13H2,1H3,(H,19,22). The zero-order valence-electron chi connectivity index (χ0n) is 13.8. The summed E-state index contributed by atoms with van der Waals surface area (Å²) in [4.78, 5) is 20.9. The van der Waals surface area contributed by atoms with Crippen molar-refractivity contribution >= 4 is 11.8 Å². The highest BCUT2D eigenvalue weighted by atomic mass is 16.5. The molecule has 0 aromatic carbocycles. The van der Waals surface area contributed by atoms with Crippen molar-refractivity contribution in [2.24, 2.45) is 0 Å². The number of carbonyl (C=O) groups is 1. The van der Waals surface area contributed by atoms with Gasteiger partial charge in [-0.2, -0.15) is 0 Å². The van der Waals surface area contributed by atoms with Crippen LogP contribution in [0.15, 0.2) is 18.3 Å². The molecule has 2 aliphatic heterocycles. The van der Waals surface area contributed by atoms with Gasteiger partial charge < -0.3 is 19.9 Å². The number of rotatable bonds is 3. The number of amides is 2. The Balaban J connectivity index is 1.51. The second kappa shape index (κ2) is 7.64. The first kappa shape index (κ1) is 16.1. The Hall–Kier alpha value is -1.82. The molecule has 1 unspecified atom stereocenters. The molecule has 2 saturated heterocycles.